The fourth-order valence-electron chi connectivity index (χ4n) is 2.39. The highest BCUT2D eigenvalue weighted by Gasteiger charge is 2.35. The van der Waals surface area contributed by atoms with Gasteiger partial charge in [0.2, 0.25) is 0 Å². The molecule has 0 saturated carbocycles. The lowest BCUT2D eigenvalue weighted by molar-refractivity contribution is -0.0887. The molecule has 0 aliphatic heterocycles. The summed E-state index contributed by atoms with van der Waals surface area (Å²) in [7, 11) is 1.56. The zero-order valence-electron chi connectivity index (χ0n) is 13.4. The largest absolute Gasteiger partial charge is 0.379 e. The van der Waals surface area contributed by atoms with Gasteiger partial charge in [-0.25, -0.2) is 23.1 Å². The van der Waals surface area contributed by atoms with Gasteiger partial charge in [0.25, 0.3) is 12.0 Å². The number of alkyl halides is 2. The van der Waals surface area contributed by atoms with E-state index in [-0.39, 0.29) is 27.9 Å². The van der Waals surface area contributed by atoms with Crippen LogP contribution < -0.4 is 5.56 Å². The first-order valence-corrected chi connectivity index (χ1v) is 7.34. The van der Waals surface area contributed by atoms with E-state index in [0.717, 1.165) is 25.4 Å². The van der Waals surface area contributed by atoms with Crippen LogP contribution in [0.2, 0.25) is 0 Å². The van der Waals surface area contributed by atoms with E-state index in [1.165, 1.54) is 10.6 Å². The summed E-state index contributed by atoms with van der Waals surface area (Å²) in [6.45, 7) is 0.947. The van der Waals surface area contributed by atoms with Gasteiger partial charge in [-0.1, -0.05) is 0 Å². The van der Waals surface area contributed by atoms with Crippen molar-refractivity contribution in [3.8, 4) is 11.4 Å². The summed E-state index contributed by atoms with van der Waals surface area (Å²) in [5, 5.41) is 10.5. The molecule has 0 radical (unpaired) electrons. The number of aliphatic hydroxyl groups is 1. The maximum atomic E-state index is 14.4. The molecule has 0 aliphatic rings. The first-order chi connectivity index (χ1) is 11.7. The predicted octanol–water partition coefficient (Wildman–Crippen LogP) is 2.61. The number of hydrogen-bond acceptors (Lipinski definition) is 4. The Hall–Kier alpha value is -2.74. The number of pyridine rings is 1. The van der Waals surface area contributed by atoms with Crippen molar-refractivity contribution in [2.24, 2.45) is 7.05 Å². The Morgan fingerprint density at radius 1 is 1.24 bits per heavy atom. The van der Waals surface area contributed by atoms with E-state index in [0.29, 0.717) is 5.39 Å². The maximum Gasteiger partial charge on any atom is 0.270 e. The lowest BCUT2D eigenvalue weighted by Crippen LogP contribution is -2.30. The van der Waals surface area contributed by atoms with Gasteiger partial charge in [-0.2, -0.15) is 0 Å². The van der Waals surface area contributed by atoms with Crippen molar-refractivity contribution in [2.45, 2.75) is 19.0 Å². The predicted molar refractivity (Wildman–Crippen MR) is 85.7 cm³/mol. The Morgan fingerprint density at radius 2 is 1.88 bits per heavy atom. The van der Waals surface area contributed by atoms with Gasteiger partial charge in [0, 0.05) is 31.2 Å². The van der Waals surface area contributed by atoms with Crippen LogP contribution >= 0.6 is 0 Å². The fraction of sp³-hybridized carbons (Fsp3) is 0.235. The van der Waals surface area contributed by atoms with Gasteiger partial charge in [0.05, 0.1) is 10.9 Å². The van der Waals surface area contributed by atoms with Crippen LogP contribution in [0.1, 0.15) is 12.5 Å². The van der Waals surface area contributed by atoms with Crippen LogP contribution in [-0.2, 0) is 12.6 Å². The van der Waals surface area contributed by atoms with Crippen molar-refractivity contribution in [3.63, 3.8) is 0 Å². The first-order valence-electron chi connectivity index (χ1n) is 7.34. The number of fused-ring (bicyclic) bond motifs is 1. The van der Waals surface area contributed by atoms with Gasteiger partial charge >= 0.3 is 0 Å². The molecule has 8 heteroatoms. The minimum Gasteiger partial charge on any atom is -0.379 e. The normalized spacial score (nSPS) is 14.0. The number of hydrogen-bond donors (Lipinski definition) is 1. The molecule has 0 spiro atoms. The van der Waals surface area contributed by atoms with Crippen molar-refractivity contribution in [1.29, 1.82) is 0 Å². The number of benzene rings is 1. The first kappa shape index (κ1) is 17.1. The third-order valence-electron chi connectivity index (χ3n) is 4.07. The lowest BCUT2D eigenvalue weighted by atomic mass is 10.00. The smallest absolute Gasteiger partial charge is 0.270 e. The third kappa shape index (κ3) is 2.89. The summed E-state index contributed by atoms with van der Waals surface area (Å²) in [6, 6.07) is 4.17. The van der Waals surface area contributed by atoms with E-state index >= 15 is 0 Å². The SMILES string of the molecule is Cn1ccc2cc(-c3ncc(C(C)(O)C(F)F)cn3)c(F)cc2c1=O. The summed E-state index contributed by atoms with van der Waals surface area (Å²) in [5.41, 5.74) is -2.88. The van der Waals surface area contributed by atoms with E-state index in [9.17, 15) is 23.1 Å². The summed E-state index contributed by atoms with van der Waals surface area (Å²) in [4.78, 5) is 19.8. The van der Waals surface area contributed by atoms with E-state index in [1.807, 2.05) is 0 Å². The molecule has 3 rings (SSSR count). The minimum atomic E-state index is -3.02. The average Bonchev–Trinajstić information content (AvgIpc) is 2.58. The molecule has 1 aromatic carbocycles. The van der Waals surface area contributed by atoms with Crippen LogP contribution in [0.15, 0.2) is 41.6 Å². The van der Waals surface area contributed by atoms with Gasteiger partial charge < -0.3 is 9.67 Å². The molecule has 2 aromatic heterocycles. The molecule has 3 aromatic rings. The van der Waals surface area contributed by atoms with E-state index in [4.69, 9.17) is 0 Å². The van der Waals surface area contributed by atoms with Crippen LogP contribution in [-0.4, -0.2) is 26.1 Å². The van der Waals surface area contributed by atoms with Crippen molar-refractivity contribution in [1.82, 2.24) is 14.5 Å². The highest BCUT2D eigenvalue weighted by molar-refractivity contribution is 5.85. The van der Waals surface area contributed by atoms with Gasteiger partial charge in [0.1, 0.15) is 5.82 Å². The van der Waals surface area contributed by atoms with Gasteiger partial charge in [0.15, 0.2) is 11.4 Å². The fourth-order valence-corrected chi connectivity index (χ4v) is 2.39. The van der Waals surface area contributed by atoms with Crippen molar-refractivity contribution in [3.05, 3.63) is 58.5 Å². The molecule has 2 heterocycles. The Morgan fingerprint density at radius 3 is 2.48 bits per heavy atom. The Kier molecular flexibility index (Phi) is 4.08. The standard InChI is InChI=1S/C17H14F3N3O2/c1-17(25,16(19)20)10-7-21-14(22-8-10)12-5-9-3-4-23(2)15(24)11(9)6-13(12)18/h3-8,16,25H,1-2H3. The second-order valence-corrected chi connectivity index (χ2v) is 5.89. The topological polar surface area (TPSA) is 68.0 Å². The molecule has 0 bridgehead atoms. The number of rotatable bonds is 3. The Balaban J connectivity index is 2.09. The molecule has 25 heavy (non-hydrogen) atoms. The molecule has 0 fully saturated rings. The summed E-state index contributed by atoms with van der Waals surface area (Å²) < 4.78 is 41.4. The van der Waals surface area contributed by atoms with Crippen LogP contribution in [0.25, 0.3) is 22.2 Å². The molecular weight excluding hydrogens is 335 g/mol. The minimum absolute atomic E-state index is 0.0315. The number of halogens is 3. The third-order valence-corrected chi connectivity index (χ3v) is 4.07. The van der Waals surface area contributed by atoms with Crippen molar-refractivity contribution >= 4 is 10.8 Å². The maximum absolute atomic E-state index is 14.4. The summed E-state index contributed by atoms with van der Waals surface area (Å²) >= 11 is 0. The van der Waals surface area contributed by atoms with Gasteiger partial charge in [-0.15, -0.1) is 0 Å². The second kappa shape index (κ2) is 5.96. The number of nitrogens with zero attached hydrogens (tertiary/aromatic N) is 3. The van der Waals surface area contributed by atoms with Crippen LogP contribution in [0.3, 0.4) is 0 Å². The molecule has 1 atom stereocenters. The quantitative estimate of drug-likeness (QED) is 0.789. The van der Waals surface area contributed by atoms with Gasteiger partial charge in [-0.3, -0.25) is 4.79 Å². The molecule has 0 saturated heterocycles. The van der Waals surface area contributed by atoms with E-state index in [1.54, 1.807) is 19.3 Å². The molecule has 5 nitrogen and oxygen atoms in total. The Labute approximate surface area is 140 Å². The monoisotopic (exact) mass is 349 g/mol. The van der Waals surface area contributed by atoms with Crippen LogP contribution in [0, 0.1) is 5.82 Å². The van der Waals surface area contributed by atoms with Crippen molar-refractivity contribution < 1.29 is 18.3 Å². The molecule has 1 N–H and O–H groups in total. The average molecular weight is 349 g/mol. The van der Waals surface area contributed by atoms with Crippen LogP contribution in [0.4, 0.5) is 13.2 Å². The summed E-state index contributed by atoms with van der Waals surface area (Å²) in [6.07, 6.45) is 0.594. The van der Waals surface area contributed by atoms with E-state index < -0.39 is 17.8 Å². The Bertz CT molecular complexity index is 998. The highest BCUT2D eigenvalue weighted by atomic mass is 19.3. The zero-order valence-corrected chi connectivity index (χ0v) is 13.4. The zero-order chi connectivity index (χ0) is 18.4. The van der Waals surface area contributed by atoms with E-state index in [2.05, 4.69) is 9.97 Å². The molecule has 1 unspecified atom stereocenters. The molecule has 0 aliphatic carbocycles. The van der Waals surface area contributed by atoms with Crippen LogP contribution in [0.5, 0.6) is 0 Å². The molecule has 0 amide bonds. The molecule has 130 valence electrons. The summed E-state index contributed by atoms with van der Waals surface area (Å²) in [5.74, 6) is -0.738. The number of aromatic nitrogens is 3. The van der Waals surface area contributed by atoms with Crippen molar-refractivity contribution in [2.75, 3.05) is 0 Å². The molecular formula is C17H14F3N3O2. The highest BCUT2D eigenvalue weighted by Crippen LogP contribution is 2.28. The van der Waals surface area contributed by atoms with Gasteiger partial charge in [-0.05, 0) is 30.5 Å². The number of aryl methyl sites for hydroxylation is 1. The second-order valence-electron chi connectivity index (χ2n) is 5.89. The lowest BCUT2D eigenvalue weighted by Gasteiger charge is -2.21.